The summed E-state index contributed by atoms with van der Waals surface area (Å²) in [6, 6.07) is 8.72. The maximum Gasteiger partial charge on any atom is 0.182 e. The van der Waals surface area contributed by atoms with Crippen LogP contribution >= 0.6 is 0 Å². The molecule has 1 fully saturated rings. The highest BCUT2D eigenvalue weighted by molar-refractivity contribution is 5.55. The van der Waals surface area contributed by atoms with Crippen LogP contribution in [0.5, 0.6) is 0 Å². The van der Waals surface area contributed by atoms with Gasteiger partial charge in [0, 0.05) is 31.9 Å². The summed E-state index contributed by atoms with van der Waals surface area (Å²) in [7, 11) is 4.16. The summed E-state index contributed by atoms with van der Waals surface area (Å²) in [6.07, 6.45) is 0. The summed E-state index contributed by atoms with van der Waals surface area (Å²) in [5.74, 6) is 0. The van der Waals surface area contributed by atoms with E-state index >= 15 is 0 Å². The van der Waals surface area contributed by atoms with Gasteiger partial charge >= 0.3 is 0 Å². The summed E-state index contributed by atoms with van der Waals surface area (Å²) in [4.78, 5) is 4.58. The molecule has 0 amide bonds. The second-order valence-electron chi connectivity index (χ2n) is 4.15. The van der Waals surface area contributed by atoms with E-state index in [4.69, 9.17) is 0 Å². The van der Waals surface area contributed by atoms with Crippen LogP contribution in [0.4, 0.5) is 11.4 Å². The molecule has 1 N–H and O–H groups in total. The fourth-order valence-corrected chi connectivity index (χ4v) is 1.89. The highest BCUT2D eigenvalue weighted by Gasteiger charge is 2.21. The van der Waals surface area contributed by atoms with Gasteiger partial charge in [0.1, 0.15) is 13.1 Å². The Balaban J connectivity index is 2.16. The largest absolute Gasteiger partial charge is 0.377 e. The first-order chi connectivity index (χ1) is 7.27. The fourth-order valence-electron chi connectivity index (χ4n) is 1.89. The van der Waals surface area contributed by atoms with Gasteiger partial charge in [-0.2, -0.15) is 0 Å². The number of anilines is 2. The maximum absolute atomic E-state index is 3.37. The molecule has 3 nitrogen and oxygen atoms in total. The highest BCUT2D eigenvalue weighted by atomic mass is 15.2. The molecule has 1 aliphatic rings. The van der Waals surface area contributed by atoms with Crippen molar-refractivity contribution < 1.29 is 0 Å². The van der Waals surface area contributed by atoms with Crippen LogP contribution in [0.3, 0.4) is 0 Å². The SMILES string of the molecule is CN(C)c1cccc([N+]2CCNCC2)c1. The summed E-state index contributed by atoms with van der Waals surface area (Å²) in [5, 5.41) is 3.37. The van der Waals surface area contributed by atoms with Crippen molar-refractivity contribution >= 4 is 11.4 Å². The van der Waals surface area contributed by atoms with Crippen LogP contribution in [0.15, 0.2) is 24.3 Å². The van der Waals surface area contributed by atoms with Crippen LogP contribution in [-0.4, -0.2) is 40.3 Å². The summed E-state index contributed by atoms with van der Waals surface area (Å²) < 4.78 is 0. The Kier molecular flexibility index (Phi) is 3.23. The second-order valence-corrected chi connectivity index (χ2v) is 4.15. The van der Waals surface area contributed by atoms with Gasteiger partial charge in [-0.25, -0.2) is 0 Å². The first kappa shape index (κ1) is 10.5. The van der Waals surface area contributed by atoms with Gasteiger partial charge in [0.2, 0.25) is 0 Å². The highest BCUT2D eigenvalue weighted by Crippen LogP contribution is 2.20. The average molecular weight is 205 g/mol. The quantitative estimate of drug-likeness (QED) is 0.731. The lowest BCUT2D eigenvalue weighted by Crippen LogP contribution is -2.44. The minimum absolute atomic E-state index is 1.09. The Bertz CT molecular complexity index is 316. The van der Waals surface area contributed by atoms with Crippen LogP contribution in [0.25, 0.3) is 0 Å². The molecule has 0 aliphatic carbocycles. The molecule has 15 heavy (non-hydrogen) atoms. The van der Waals surface area contributed by atoms with Gasteiger partial charge in [-0.1, -0.05) is 6.07 Å². The molecule has 2 rings (SSSR count). The molecular weight excluding hydrogens is 186 g/mol. The summed E-state index contributed by atoms with van der Waals surface area (Å²) in [6.45, 7) is 4.39. The summed E-state index contributed by atoms with van der Waals surface area (Å²) in [5.41, 5.74) is 2.61. The molecule has 0 saturated carbocycles. The van der Waals surface area contributed by atoms with E-state index in [9.17, 15) is 0 Å². The van der Waals surface area contributed by atoms with E-state index in [2.05, 4.69) is 53.5 Å². The first-order valence-corrected chi connectivity index (χ1v) is 5.50. The van der Waals surface area contributed by atoms with E-state index in [0.29, 0.717) is 0 Å². The van der Waals surface area contributed by atoms with Gasteiger partial charge in [-0.15, -0.1) is 4.90 Å². The Morgan fingerprint density at radius 2 is 1.93 bits per heavy atom. The number of nitrogens with one attached hydrogen (secondary N) is 1. The van der Waals surface area contributed by atoms with Crippen molar-refractivity contribution in [1.29, 1.82) is 0 Å². The fraction of sp³-hybridized carbons (Fsp3) is 0.500. The third-order valence-electron chi connectivity index (χ3n) is 2.83. The monoisotopic (exact) mass is 205 g/mol. The third-order valence-corrected chi connectivity index (χ3v) is 2.83. The molecule has 1 radical (unpaired) electrons. The zero-order valence-corrected chi connectivity index (χ0v) is 9.53. The number of hydrogen-bond acceptors (Lipinski definition) is 3. The molecule has 0 aromatic heterocycles. The molecule has 0 bridgehead atoms. The van der Waals surface area contributed by atoms with Gasteiger partial charge < -0.3 is 10.2 Å². The van der Waals surface area contributed by atoms with Gasteiger partial charge in [-0.05, 0) is 6.07 Å². The van der Waals surface area contributed by atoms with E-state index in [1.54, 1.807) is 0 Å². The van der Waals surface area contributed by atoms with E-state index in [1.165, 1.54) is 11.4 Å². The average Bonchev–Trinajstić information content (AvgIpc) is 2.30. The van der Waals surface area contributed by atoms with Crippen molar-refractivity contribution in [3.63, 3.8) is 0 Å². The van der Waals surface area contributed by atoms with Gasteiger partial charge in [-0.3, -0.25) is 0 Å². The number of piperazine rings is 1. The van der Waals surface area contributed by atoms with Crippen LogP contribution < -0.4 is 15.1 Å². The number of hydrogen-bond donors (Lipinski definition) is 1. The van der Waals surface area contributed by atoms with Crippen molar-refractivity contribution in [2.24, 2.45) is 0 Å². The molecule has 0 unspecified atom stereocenters. The number of benzene rings is 1. The van der Waals surface area contributed by atoms with Crippen LogP contribution in [0, 0.1) is 0 Å². The van der Waals surface area contributed by atoms with Gasteiger partial charge in [0.15, 0.2) is 5.69 Å². The minimum atomic E-state index is 1.09. The van der Waals surface area contributed by atoms with Gasteiger partial charge in [0.25, 0.3) is 0 Å². The minimum Gasteiger partial charge on any atom is -0.377 e. The molecule has 3 heteroatoms. The first-order valence-electron chi connectivity index (χ1n) is 5.50. The molecule has 1 aliphatic heterocycles. The van der Waals surface area contributed by atoms with Crippen molar-refractivity contribution in [1.82, 2.24) is 10.2 Å². The lowest BCUT2D eigenvalue weighted by atomic mass is 10.2. The standard InChI is InChI=1S/C12H19N3/c1-14(2)11-4-3-5-12(10-11)15-8-6-13-7-9-15/h3-5,10,13H,6-9H2,1-2H3/q+1. The van der Waals surface area contributed by atoms with Crippen molar-refractivity contribution in [3.05, 3.63) is 24.3 Å². The summed E-state index contributed by atoms with van der Waals surface area (Å²) >= 11 is 0. The number of rotatable bonds is 2. The molecule has 1 saturated heterocycles. The van der Waals surface area contributed by atoms with Crippen molar-refractivity contribution in [2.75, 3.05) is 45.2 Å². The molecule has 1 aromatic rings. The van der Waals surface area contributed by atoms with Crippen molar-refractivity contribution in [3.8, 4) is 0 Å². The van der Waals surface area contributed by atoms with Gasteiger partial charge in [0.05, 0.1) is 13.1 Å². The lowest BCUT2D eigenvalue weighted by molar-refractivity contribution is 0.439. The number of nitrogens with zero attached hydrogens (tertiary/aromatic N) is 2. The third kappa shape index (κ3) is 2.49. The van der Waals surface area contributed by atoms with Crippen LogP contribution in [0.1, 0.15) is 0 Å². The lowest BCUT2D eigenvalue weighted by Gasteiger charge is -2.19. The molecule has 1 aromatic carbocycles. The Morgan fingerprint density at radius 1 is 1.20 bits per heavy atom. The molecular formula is C12H19N3+. The molecule has 1 heterocycles. The maximum atomic E-state index is 3.37. The smallest absolute Gasteiger partial charge is 0.182 e. The zero-order valence-electron chi connectivity index (χ0n) is 9.53. The van der Waals surface area contributed by atoms with Crippen LogP contribution in [0.2, 0.25) is 0 Å². The Hall–Kier alpha value is -1.06. The van der Waals surface area contributed by atoms with E-state index in [-0.39, 0.29) is 0 Å². The topological polar surface area (TPSA) is 21.2 Å². The van der Waals surface area contributed by atoms with E-state index in [1.807, 2.05) is 0 Å². The molecule has 81 valence electrons. The second kappa shape index (κ2) is 4.64. The molecule has 0 spiro atoms. The van der Waals surface area contributed by atoms with Crippen LogP contribution in [-0.2, 0) is 0 Å². The Labute approximate surface area is 91.7 Å². The normalized spacial score (nSPS) is 17.7. The Morgan fingerprint density at radius 3 is 2.60 bits per heavy atom. The predicted molar refractivity (Wildman–Crippen MR) is 65.2 cm³/mol. The molecule has 0 atom stereocenters. The van der Waals surface area contributed by atoms with Crippen molar-refractivity contribution in [2.45, 2.75) is 0 Å². The predicted octanol–water partition coefficient (Wildman–Crippen LogP) is 1.13. The van der Waals surface area contributed by atoms with E-state index < -0.39 is 0 Å². The zero-order chi connectivity index (χ0) is 10.7. The van der Waals surface area contributed by atoms with E-state index in [0.717, 1.165) is 26.2 Å².